The van der Waals surface area contributed by atoms with Crippen molar-refractivity contribution in [3.63, 3.8) is 0 Å². The van der Waals surface area contributed by atoms with Crippen molar-refractivity contribution in [2.75, 3.05) is 36.5 Å². The van der Waals surface area contributed by atoms with Crippen molar-refractivity contribution in [3.05, 3.63) is 65.6 Å². The van der Waals surface area contributed by atoms with Crippen LogP contribution in [0.1, 0.15) is 16.1 Å². The molecule has 1 aliphatic heterocycles. The molecule has 140 valence electrons. The highest BCUT2D eigenvalue weighted by molar-refractivity contribution is 7.99. The summed E-state index contributed by atoms with van der Waals surface area (Å²) in [5.41, 5.74) is 3.19. The molecule has 0 spiro atoms. The molecule has 2 N–H and O–H groups in total. The Balaban J connectivity index is 1.36. The van der Waals surface area contributed by atoms with Gasteiger partial charge in [0.1, 0.15) is 11.5 Å². The van der Waals surface area contributed by atoms with Gasteiger partial charge in [0.05, 0.1) is 0 Å². The van der Waals surface area contributed by atoms with E-state index in [2.05, 4.69) is 27.3 Å². The summed E-state index contributed by atoms with van der Waals surface area (Å²) in [5, 5.41) is 3.58. The van der Waals surface area contributed by atoms with Crippen LogP contribution in [0.15, 0.2) is 48.5 Å². The molecule has 0 unspecified atom stereocenters. The average molecular weight is 383 g/mol. The van der Waals surface area contributed by atoms with Crippen LogP contribution in [0.2, 0.25) is 0 Å². The molecule has 6 heteroatoms. The Kier molecular flexibility index (Phi) is 5.45. The van der Waals surface area contributed by atoms with Crippen molar-refractivity contribution in [2.24, 2.45) is 0 Å². The van der Waals surface area contributed by atoms with Crippen LogP contribution >= 0.6 is 11.8 Å². The van der Waals surface area contributed by atoms with E-state index in [1.165, 1.54) is 42.3 Å². The molecule has 1 aromatic heterocycles. The standard InChI is InChI=1S/C21H22FN3OS/c22-17-3-6-19-16(13-17)14-20(24-19)21(26)23-18-4-1-15(2-5-18)7-8-25-9-11-27-12-10-25/h1-6,13-14,24H,7-12H2,(H,23,26). The van der Waals surface area contributed by atoms with Crippen LogP contribution in [0.3, 0.4) is 0 Å². The van der Waals surface area contributed by atoms with Crippen LogP contribution in [0.25, 0.3) is 10.9 Å². The number of aromatic nitrogens is 1. The maximum atomic E-state index is 13.3. The molecular formula is C21H22FN3OS. The van der Waals surface area contributed by atoms with Crippen LogP contribution in [-0.2, 0) is 6.42 Å². The van der Waals surface area contributed by atoms with Crippen molar-refractivity contribution < 1.29 is 9.18 Å². The number of carbonyl (C=O) groups is 1. The number of nitrogens with zero attached hydrogens (tertiary/aromatic N) is 1. The summed E-state index contributed by atoms with van der Waals surface area (Å²) in [5.74, 6) is 1.91. The van der Waals surface area contributed by atoms with Gasteiger partial charge in [-0.05, 0) is 48.4 Å². The second kappa shape index (κ2) is 8.15. The maximum absolute atomic E-state index is 13.3. The van der Waals surface area contributed by atoms with Gasteiger partial charge < -0.3 is 15.2 Å². The minimum atomic E-state index is -0.313. The Morgan fingerprint density at radius 1 is 1.11 bits per heavy atom. The third-order valence-corrected chi connectivity index (χ3v) is 5.80. The van der Waals surface area contributed by atoms with Crippen molar-refractivity contribution in [1.82, 2.24) is 9.88 Å². The first-order valence-electron chi connectivity index (χ1n) is 9.16. The number of thioether (sulfide) groups is 1. The molecule has 2 heterocycles. The van der Waals surface area contributed by atoms with Crippen molar-refractivity contribution in [1.29, 1.82) is 0 Å². The molecule has 4 nitrogen and oxygen atoms in total. The molecule has 1 saturated heterocycles. The monoisotopic (exact) mass is 383 g/mol. The molecule has 0 saturated carbocycles. The second-order valence-electron chi connectivity index (χ2n) is 6.77. The highest BCUT2D eigenvalue weighted by Gasteiger charge is 2.12. The Hall–Kier alpha value is -2.31. The fourth-order valence-electron chi connectivity index (χ4n) is 3.29. The summed E-state index contributed by atoms with van der Waals surface area (Å²) in [6.07, 6.45) is 1.02. The topological polar surface area (TPSA) is 48.1 Å². The molecular weight excluding hydrogens is 361 g/mol. The van der Waals surface area contributed by atoms with E-state index in [4.69, 9.17) is 0 Å². The molecule has 0 aliphatic carbocycles. The number of aromatic amines is 1. The van der Waals surface area contributed by atoms with Crippen LogP contribution in [0.4, 0.5) is 10.1 Å². The lowest BCUT2D eigenvalue weighted by Crippen LogP contribution is -2.34. The third kappa shape index (κ3) is 4.51. The first kappa shape index (κ1) is 18.1. The first-order valence-corrected chi connectivity index (χ1v) is 10.3. The smallest absolute Gasteiger partial charge is 0.272 e. The van der Waals surface area contributed by atoms with Gasteiger partial charge >= 0.3 is 0 Å². The zero-order valence-corrected chi connectivity index (χ0v) is 15.8. The predicted molar refractivity (Wildman–Crippen MR) is 110 cm³/mol. The Labute approximate surface area is 162 Å². The molecule has 27 heavy (non-hydrogen) atoms. The summed E-state index contributed by atoms with van der Waals surface area (Å²) in [6, 6.07) is 14.1. The predicted octanol–water partition coefficient (Wildman–Crippen LogP) is 4.15. The zero-order chi connectivity index (χ0) is 18.6. The van der Waals surface area contributed by atoms with Gasteiger partial charge in [-0.1, -0.05) is 12.1 Å². The number of hydrogen-bond acceptors (Lipinski definition) is 3. The summed E-state index contributed by atoms with van der Waals surface area (Å²) in [4.78, 5) is 18.0. The van der Waals surface area contributed by atoms with E-state index < -0.39 is 0 Å². The zero-order valence-electron chi connectivity index (χ0n) is 15.0. The van der Waals surface area contributed by atoms with Gasteiger partial charge in [-0.2, -0.15) is 11.8 Å². The number of fused-ring (bicyclic) bond motifs is 1. The van der Waals surface area contributed by atoms with Gasteiger partial charge in [-0.3, -0.25) is 4.79 Å². The lowest BCUT2D eigenvalue weighted by molar-refractivity contribution is 0.102. The number of rotatable bonds is 5. The Morgan fingerprint density at radius 3 is 2.67 bits per heavy atom. The van der Waals surface area contributed by atoms with Gasteiger partial charge in [0.15, 0.2) is 0 Å². The fraction of sp³-hybridized carbons (Fsp3) is 0.286. The molecule has 4 rings (SSSR count). The highest BCUT2D eigenvalue weighted by atomic mass is 32.2. The number of hydrogen-bond donors (Lipinski definition) is 2. The third-order valence-electron chi connectivity index (χ3n) is 4.86. The van der Waals surface area contributed by atoms with E-state index in [9.17, 15) is 9.18 Å². The molecule has 0 bridgehead atoms. The van der Waals surface area contributed by atoms with E-state index in [0.29, 0.717) is 11.1 Å². The maximum Gasteiger partial charge on any atom is 0.272 e. The van der Waals surface area contributed by atoms with Crippen molar-refractivity contribution in [2.45, 2.75) is 6.42 Å². The van der Waals surface area contributed by atoms with Gasteiger partial charge in [0.2, 0.25) is 0 Å². The molecule has 0 radical (unpaired) electrons. The number of nitrogens with one attached hydrogen (secondary N) is 2. The number of carbonyl (C=O) groups excluding carboxylic acids is 1. The van der Waals surface area contributed by atoms with Gasteiger partial charge in [0.25, 0.3) is 5.91 Å². The van der Waals surface area contributed by atoms with Crippen LogP contribution in [-0.4, -0.2) is 46.9 Å². The van der Waals surface area contributed by atoms with Crippen LogP contribution in [0, 0.1) is 5.82 Å². The SMILES string of the molecule is O=C(Nc1ccc(CCN2CCSCC2)cc1)c1cc2cc(F)ccc2[nH]1. The minimum Gasteiger partial charge on any atom is -0.351 e. The fourth-order valence-corrected chi connectivity index (χ4v) is 4.27. The summed E-state index contributed by atoms with van der Waals surface area (Å²) >= 11 is 2.02. The van der Waals surface area contributed by atoms with Gasteiger partial charge in [0, 0.05) is 47.7 Å². The summed E-state index contributed by atoms with van der Waals surface area (Å²) in [6.45, 7) is 3.43. The van der Waals surface area contributed by atoms with E-state index >= 15 is 0 Å². The molecule has 1 amide bonds. The average Bonchev–Trinajstić information content (AvgIpc) is 3.11. The van der Waals surface area contributed by atoms with E-state index in [1.54, 1.807) is 12.1 Å². The largest absolute Gasteiger partial charge is 0.351 e. The lowest BCUT2D eigenvalue weighted by atomic mass is 10.1. The van der Waals surface area contributed by atoms with Gasteiger partial charge in [-0.25, -0.2) is 4.39 Å². The Morgan fingerprint density at radius 2 is 1.89 bits per heavy atom. The molecule has 0 atom stereocenters. The lowest BCUT2D eigenvalue weighted by Gasteiger charge is -2.26. The van der Waals surface area contributed by atoms with E-state index in [0.717, 1.165) is 24.2 Å². The molecule has 2 aromatic carbocycles. The summed E-state index contributed by atoms with van der Waals surface area (Å²) in [7, 11) is 0. The molecule has 1 fully saturated rings. The normalized spacial score (nSPS) is 15.1. The minimum absolute atomic E-state index is 0.231. The highest BCUT2D eigenvalue weighted by Crippen LogP contribution is 2.18. The number of benzene rings is 2. The van der Waals surface area contributed by atoms with Crippen LogP contribution in [0.5, 0.6) is 0 Å². The van der Waals surface area contributed by atoms with Gasteiger partial charge in [-0.15, -0.1) is 0 Å². The van der Waals surface area contributed by atoms with Crippen molar-refractivity contribution >= 4 is 34.3 Å². The quantitative estimate of drug-likeness (QED) is 0.696. The van der Waals surface area contributed by atoms with Crippen molar-refractivity contribution in [3.8, 4) is 0 Å². The van der Waals surface area contributed by atoms with E-state index in [-0.39, 0.29) is 11.7 Å². The summed E-state index contributed by atoms with van der Waals surface area (Å²) < 4.78 is 13.3. The molecule has 1 aliphatic rings. The number of halogens is 1. The van der Waals surface area contributed by atoms with Crippen LogP contribution < -0.4 is 5.32 Å². The number of H-pyrrole nitrogens is 1. The first-order chi connectivity index (χ1) is 13.2. The Bertz CT molecular complexity index is 932. The molecule has 3 aromatic rings. The second-order valence-corrected chi connectivity index (χ2v) is 7.99. The number of amides is 1. The van der Waals surface area contributed by atoms with E-state index in [1.807, 2.05) is 23.9 Å². The number of anilines is 1.